The number of amides is 1. The topological polar surface area (TPSA) is 38.1 Å². The Morgan fingerprint density at radius 2 is 2.04 bits per heavy atom. The lowest BCUT2D eigenvalue weighted by Gasteiger charge is -2.37. The molecule has 2 aromatic rings. The van der Waals surface area contributed by atoms with E-state index in [2.05, 4.69) is 42.4 Å². The molecule has 0 aliphatic carbocycles. The van der Waals surface area contributed by atoms with E-state index in [-0.39, 0.29) is 5.91 Å². The summed E-state index contributed by atoms with van der Waals surface area (Å²) in [6.07, 6.45) is 1.02. The highest BCUT2D eigenvalue weighted by Gasteiger charge is 2.31. The standard InChI is InChI=1S/C19H25N3O/c1-4-22-18(12-15(3)20-22)19(23)21-11-10-17(14(2)13-21)16-8-6-5-7-9-16/h5-9,12,14,17H,4,10-11,13H2,1-3H3/t14-,17+/m0/s1. The average molecular weight is 311 g/mol. The van der Waals surface area contributed by atoms with Crippen LogP contribution in [0.5, 0.6) is 0 Å². The van der Waals surface area contributed by atoms with Crippen molar-refractivity contribution < 1.29 is 4.79 Å². The molecule has 1 amide bonds. The highest BCUT2D eigenvalue weighted by atomic mass is 16.2. The molecule has 23 heavy (non-hydrogen) atoms. The van der Waals surface area contributed by atoms with Crippen molar-refractivity contribution in [2.45, 2.75) is 39.7 Å². The van der Waals surface area contributed by atoms with Crippen LogP contribution in [0.2, 0.25) is 0 Å². The lowest BCUT2D eigenvalue weighted by Crippen LogP contribution is -2.42. The monoisotopic (exact) mass is 311 g/mol. The summed E-state index contributed by atoms with van der Waals surface area (Å²) < 4.78 is 1.81. The lowest BCUT2D eigenvalue weighted by molar-refractivity contribution is 0.0648. The minimum atomic E-state index is 0.116. The maximum absolute atomic E-state index is 12.8. The van der Waals surface area contributed by atoms with E-state index in [1.165, 1.54) is 5.56 Å². The number of hydrogen-bond donors (Lipinski definition) is 0. The first-order valence-corrected chi connectivity index (χ1v) is 8.48. The average Bonchev–Trinajstić information content (AvgIpc) is 2.96. The molecular formula is C19H25N3O. The number of hydrogen-bond acceptors (Lipinski definition) is 2. The number of carbonyl (C=O) groups excluding carboxylic acids is 1. The highest BCUT2D eigenvalue weighted by molar-refractivity contribution is 5.92. The highest BCUT2D eigenvalue weighted by Crippen LogP contribution is 2.33. The molecule has 0 N–H and O–H groups in total. The fourth-order valence-corrected chi connectivity index (χ4v) is 3.65. The summed E-state index contributed by atoms with van der Waals surface area (Å²) in [6.45, 7) is 8.56. The van der Waals surface area contributed by atoms with Crippen molar-refractivity contribution >= 4 is 5.91 Å². The van der Waals surface area contributed by atoms with Crippen molar-refractivity contribution in [2.75, 3.05) is 13.1 Å². The number of benzene rings is 1. The van der Waals surface area contributed by atoms with E-state index in [0.29, 0.717) is 11.8 Å². The molecular weight excluding hydrogens is 286 g/mol. The van der Waals surface area contributed by atoms with Crippen molar-refractivity contribution in [3.63, 3.8) is 0 Å². The molecule has 0 spiro atoms. The van der Waals surface area contributed by atoms with Crippen LogP contribution in [0.3, 0.4) is 0 Å². The third kappa shape index (κ3) is 3.16. The summed E-state index contributed by atoms with van der Waals surface area (Å²) >= 11 is 0. The molecule has 1 aromatic carbocycles. The van der Waals surface area contributed by atoms with E-state index < -0.39 is 0 Å². The molecule has 0 unspecified atom stereocenters. The summed E-state index contributed by atoms with van der Waals surface area (Å²) in [7, 11) is 0. The summed E-state index contributed by atoms with van der Waals surface area (Å²) in [5, 5.41) is 4.40. The molecule has 3 rings (SSSR count). The molecule has 1 aliphatic rings. The molecule has 1 saturated heterocycles. The van der Waals surface area contributed by atoms with Gasteiger partial charge in [-0.2, -0.15) is 5.10 Å². The smallest absolute Gasteiger partial charge is 0.272 e. The van der Waals surface area contributed by atoms with Gasteiger partial charge >= 0.3 is 0 Å². The molecule has 0 radical (unpaired) electrons. The normalized spacial score (nSPS) is 21.4. The lowest BCUT2D eigenvalue weighted by atomic mass is 9.81. The Morgan fingerprint density at radius 3 is 2.70 bits per heavy atom. The summed E-state index contributed by atoms with van der Waals surface area (Å²) in [6, 6.07) is 12.6. The predicted octanol–water partition coefficient (Wildman–Crippen LogP) is 3.48. The quantitative estimate of drug-likeness (QED) is 0.870. The molecule has 4 nitrogen and oxygen atoms in total. The van der Waals surface area contributed by atoms with E-state index in [9.17, 15) is 4.79 Å². The van der Waals surface area contributed by atoms with Crippen LogP contribution in [0.4, 0.5) is 0 Å². The van der Waals surface area contributed by atoms with Crippen molar-refractivity contribution in [1.82, 2.24) is 14.7 Å². The zero-order valence-electron chi connectivity index (χ0n) is 14.2. The van der Waals surface area contributed by atoms with Gasteiger partial charge < -0.3 is 4.90 Å². The largest absolute Gasteiger partial charge is 0.337 e. The predicted molar refractivity (Wildman–Crippen MR) is 91.5 cm³/mol. The van der Waals surface area contributed by atoms with Crippen LogP contribution < -0.4 is 0 Å². The number of aryl methyl sites for hydroxylation is 2. The molecule has 1 aromatic heterocycles. The van der Waals surface area contributed by atoms with Crippen LogP contribution in [-0.2, 0) is 6.54 Å². The number of likely N-dealkylation sites (tertiary alicyclic amines) is 1. The second-order valence-corrected chi connectivity index (χ2v) is 6.52. The van der Waals surface area contributed by atoms with E-state index in [1.54, 1.807) is 0 Å². The molecule has 0 bridgehead atoms. The maximum atomic E-state index is 12.8. The number of nitrogens with zero attached hydrogens (tertiary/aromatic N) is 3. The Bertz CT molecular complexity index is 677. The van der Waals surface area contributed by atoms with E-state index in [0.717, 1.165) is 37.4 Å². The van der Waals surface area contributed by atoms with Crippen LogP contribution in [0.1, 0.15) is 47.9 Å². The minimum Gasteiger partial charge on any atom is -0.337 e. The molecule has 0 saturated carbocycles. The zero-order chi connectivity index (χ0) is 16.4. The summed E-state index contributed by atoms with van der Waals surface area (Å²) in [5.41, 5.74) is 3.01. The van der Waals surface area contributed by atoms with Gasteiger partial charge in [-0.3, -0.25) is 9.48 Å². The van der Waals surface area contributed by atoms with E-state index in [1.807, 2.05) is 29.5 Å². The molecule has 4 heteroatoms. The third-order valence-electron chi connectivity index (χ3n) is 4.84. The van der Waals surface area contributed by atoms with Crippen molar-refractivity contribution in [1.29, 1.82) is 0 Å². The van der Waals surface area contributed by atoms with Crippen molar-refractivity contribution in [3.8, 4) is 0 Å². The minimum absolute atomic E-state index is 0.116. The van der Waals surface area contributed by atoms with Crippen LogP contribution >= 0.6 is 0 Å². The third-order valence-corrected chi connectivity index (χ3v) is 4.84. The van der Waals surface area contributed by atoms with Gasteiger partial charge in [-0.15, -0.1) is 0 Å². The first-order valence-electron chi connectivity index (χ1n) is 8.48. The fourth-order valence-electron chi connectivity index (χ4n) is 3.65. The molecule has 2 heterocycles. The Balaban J connectivity index is 1.73. The molecule has 1 fully saturated rings. The molecule has 122 valence electrons. The summed E-state index contributed by atoms with van der Waals surface area (Å²) in [4.78, 5) is 14.8. The van der Waals surface area contributed by atoms with Gasteiger partial charge in [-0.05, 0) is 43.7 Å². The second kappa shape index (κ2) is 6.57. The van der Waals surface area contributed by atoms with Crippen LogP contribution in [-0.4, -0.2) is 33.7 Å². The van der Waals surface area contributed by atoms with Crippen LogP contribution in [0.25, 0.3) is 0 Å². The maximum Gasteiger partial charge on any atom is 0.272 e. The van der Waals surface area contributed by atoms with E-state index >= 15 is 0 Å². The van der Waals surface area contributed by atoms with Gasteiger partial charge in [-0.25, -0.2) is 0 Å². The van der Waals surface area contributed by atoms with Crippen LogP contribution in [0, 0.1) is 12.8 Å². The van der Waals surface area contributed by atoms with Gasteiger partial charge in [0.05, 0.1) is 5.69 Å². The van der Waals surface area contributed by atoms with Gasteiger partial charge in [0.1, 0.15) is 5.69 Å². The number of aromatic nitrogens is 2. The zero-order valence-corrected chi connectivity index (χ0v) is 14.2. The fraction of sp³-hybridized carbons (Fsp3) is 0.474. The molecule has 1 aliphatic heterocycles. The van der Waals surface area contributed by atoms with Gasteiger partial charge in [0, 0.05) is 19.6 Å². The number of rotatable bonds is 3. The Labute approximate surface area is 138 Å². The SMILES string of the molecule is CCn1nc(C)cc1C(=O)N1CC[C@@H](c2ccccc2)[C@@H](C)C1. The van der Waals surface area contributed by atoms with Crippen molar-refractivity contribution in [3.05, 3.63) is 53.3 Å². The second-order valence-electron chi connectivity index (χ2n) is 6.52. The van der Waals surface area contributed by atoms with Crippen molar-refractivity contribution in [2.24, 2.45) is 5.92 Å². The Morgan fingerprint density at radius 1 is 1.30 bits per heavy atom. The summed E-state index contributed by atoms with van der Waals surface area (Å²) in [5.74, 6) is 1.12. The van der Waals surface area contributed by atoms with Gasteiger partial charge in [0.25, 0.3) is 5.91 Å². The Hall–Kier alpha value is -2.10. The van der Waals surface area contributed by atoms with Gasteiger partial charge in [-0.1, -0.05) is 37.3 Å². The number of carbonyl (C=O) groups is 1. The Kier molecular flexibility index (Phi) is 4.51. The van der Waals surface area contributed by atoms with Crippen LogP contribution in [0.15, 0.2) is 36.4 Å². The molecule has 2 atom stereocenters. The van der Waals surface area contributed by atoms with E-state index in [4.69, 9.17) is 0 Å². The first kappa shape index (κ1) is 15.8. The van der Waals surface area contributed by atoms with Gasteiger partial charge in [0.15, 0.2) is 0 Å². The number of piperidine rings is 1. The van der Waals surface area contributed by atoms with Gasteiger partial charge in [0.2, 0.25) is 0 Å². The first-order chi connectivity index (χ1) is 11.1.